The fraction of sp³-hybridized carbons (Fsp3) is 0.562. The normalized spacial score (nSPS) is 28.7. The van der Waals surface area contributed by atoms with Gasteiger partial charge in [0.25, 0.3) is 5.89 Å². The van der Waals surface area contributed by atoms with Gasteiger partial charge in [-0.15, -0.1) is 0 Å². The van der Waals surface area contributed by atoms with Crippen LogP contribution in [0.3, 0.4) is 0 Å². The van der Waals surface area contributed by atoms with E-state index in [1.54, 1.807) is 0 Å². The Morgan fingerprint density at radius 3 is 2.95 bits per heavy atom. The topological polar surface area (TPSA) is 64.3 Å². The van der Waals surface area contributed by atoms with E-state index in [0.717, 1.165) is 26.1 Å². The summed E-state index contributed by atoms with van der Waals surface area (Å²) in [7, 11) is 0. The van der Waals surface area contributed by atoms with Gasteiger partial charge in [0.2, 0.25) is 0 Å². The van der Waals surface area contributed by atoms with E-state index in [-0.39, 0.29) is 12.2 Å². The molecule has 2 aromatic heterocycles. The quantitative estimate of drug-likeness (QED) is 0.865. The number of likely N-dealkylation sites (tertiary alicyclic amines) is 1. The van der Waals surface area contributed by atoms with E-state index in [4.69, 9.17) is 9.26 Å². The molecular weight excluding hydrogens is 280 g/mol. The van der Waals surface area contributed by atoms with Gasteiger partial charge in [-0.05, 0) is 49.9 Å². The van der Waals surface area contributed by atoms with Gasteiger partial charge in [-0.1, -0.05) is 5.16 Å². The lowest BCUT2D eigenvalue weighted by Gasteiger charge is -2.33. The van der Waals surface area contributed by atoms with Crippen molar-refractivity contribution >= 4 is 0 Å². The molecule has 4 heterocycles. The second kappa shape index (κ2) is 5.78. The first-order valence-corrected chi connectivity index (χ1v) is 7.85. The van der Waals surface area contributed by atoms with Crippen LogP contribution in [0.5, 0.6) is 0 Å². The van der Waals surface area contributed by atoms with Crippen LogP contribution < -0.4 is 0 Å². The minimum Gasteiger partial charge on any atom is -0.364 e. The lowest BCUT2D eigenvalue weighted by atomic mass is 9.91. The van der Waals surface area contributed by atoms with Crippen LogP contribution in [-0.2, 0) is 11.3 Å². The molecule has 3 atom stereocenters. The number of aromatic nitrogens is 3. The van der Waals surface area contributed by atoms with Crippen molar-refractivity contribution in [2.45, 2.75) is 38.5 Å². The highest BCUT2D eigenvalue weighted by Crippen LogP contribution is 2.40. The molecule has 0 aromatic carbocycles. The van der Waals surface area contributed by atoms with Crippen molar-refractivity contribution in [3.8, 4) is 0 Å². The molecule has 6 heteroatoms. The first-order valence-electron chi connectivity index (χ1n) is 7.85. The Hall–Kier alpha value is -1.79. The average Bonchev–Trinajstić information content (AvgIpc) is 3.14. The first-order chi connectivity index (χ1) is 10.8. The summed E-state index contributed by atoms with van der Waals surface area (Å²) >= 11 is 0. The molecule has 0 amide bonds. The Labute approximate surface area is 129 Å². The standard InChI is InChI=1S/C16H20N4O2/c1-11-18-16(22-19-11)14-8-13-4-7-20(10-15(13)21-14)9-12-2-5-17-6-3-12/h2-3,5-6,13-15H,4,7-10H2,1H3/t13-,14+,15+/m0/s1. The molecule has 0 spiro atoms. The molecule has 4 rings (SSSR count). The maximum absolute atomic E-state index is 6.18. The molecular formula is C16H20N4O2. The van der Waals surface area contributed by atoms with Crippen molar-refractivity contribution < 1.29 is 9.26 Å². The molecule has 116 valence electrons. The molecule has 0 saturated carbocycles. The zero-order valence-electron chi connectivity index (χ0n) is 12.7. The Morgan fingerprint density at radius 1 is 1.32 bits per heavy atom. The third-order valence-corrected chi connectivity index (χ3v) is 4.61. The molecule has 2 aliphatic heterocycles. The number of piperidine rings is 1. The van der Waals surface area contributed by atoms with Crippen LogP contribution in [0.1, 0.15) is 36.2 Å². The molecule has 2 aromatic rings. The Bertz CT molecular complexity index is 630. The van der Waals surface area contributed by atoms with Gasteiger partial charge in [0.05, 0.1) is 6.10 Å². The van der Waals surface area contributed by atoms with Crippen molar-refractivity contribution in [3.05, 3.63) is 41.8 Å². The number of hydrogen-bond donors (Lipinski definition) is 0. The number of pyridine rings is 1. The number of hydrogen-bond acceptors (Lipinski definition) is 6. The first kappa shape index (κ1) is 13.8. The molecule has 2 fully saturated rings. The molecule has 0 bridgehead atoms. The van der Waals surface area contributed by atoms with Gasteiger partial charge in [0, 0.05) is 25.5 Å². The summed E-state index contributed by atoms with van der Waals surface area (Å²) in [4.78, 5) is 10.8. The summed E-state index contributed by atoms with van der Waals surface area (Å²) in [6.07, 6.45) is 6.10. The van der Waals surface area contributed by atoms with Gasteiger partial charge in [0.15, 0.2) is 5.82 Å². The Morgan fingerprint density at radius 2 is 2.18 bits per heavy atom. The van der Waals surface area contributed by atoms with Gasteiger partial charge in [0.1, 0.15) is 6.10 Å². The number of fused-ring (bicyclic) bond motifs is 1. The molecule has 0 unspecified atom stereocenters. The molecule has 0 radical (unpaired) electrons. The van der Waals surface area contributed by atoms with Crippen LogP contribution in [0, 0.1) is 12.8 Å². The third-order valence-electron chi connectivity index (χ3n) is 4.61. The Balaban J connectivity index is 1.39. The largest absolute Gasteiger partial charge is 0.364 e. The van der Waals surface area contributed by atoms with Crippen molar-refractivity contribution in [1.29, 1.82) is 0 Å². The monoisotopic (exact) mass is 300 g/mol. The van der Waals surface area contributed by atoms with Crippen molar-refractivity contribution in [2.75, 3.05) is 13.1 Å². The van der Waals surface area contributed by atoms with E-state index in [1.165, 1.54) is 12.0 Å². The highest BCUT2D eigenvalue weighted by atomic mass is 16.5. The number of nitrogens with zero attached hydrogens (tertiary/aromatic N) is 4. The van der Waals surface area contributed by atoms with Crippen molar-refractivity contribution in [1.82, 2.24) is 20.0 Å². The van der Waals surface area contributed by atoms with E-state index in [2.05, 4.69) is 32.2 Å². The molecule has 0 N–H and O–H groups in total. The molecule has 6 nitrogen and oxygen atoms in total. The minimum absolute atomic E-state index is 0.0305. The highest BCUT2D eigenvalue weighted by Gasteiger charge is 2.41. The highest BCUT2D eigenvalue weighted by molar-refractivity contribution is 5.10. The van der Waals surface area contributed by atoms with Crippen LogP contribution in [0.4, 0.5) is 0 Å². The molecule has 0 aliphatic carbocycles. The summed E-state index contributed by atoms with van der Waals surface area (Å²) in [6.45, 7) is 4.88. The molecule has 2 saturated heterocycles. The number of rotatable bonds is 3. The average molecular weight is 300 g/mol. The predicted octanol–water partition coefficient (Wildman–Crippen LogP) is 2.13. The fourth-order valence-corrected chi connectivity index (χ4v) is 3.49. The second-order valence-electron chi connectivity index (χ2n) is 6.22. The van der Waals surface area contributed by atoms with E-state index in [1.807, 2.05) is 19.3 Å². The maximum atomic E-state index is 6.18. The molecule has 2 aliphatic rings. The van der Waals surface area contributed by atoms with Crippen LogP contribution in [0.15, 0.2) is 29.0 Å². The smallest absolute Gasteiger partial charge is 0.255 e. The zero-order valence-corrected chi connectivity index (χ0v) is 12.7. The van der Waals surface area contributed by atoms with Gasteiger partial charge < -0.3 is 9.26 Å². The van der Waals surface area contributed by atoms with Crippen LogP contribution in [0.2, 0.25) is 0 Å². The van der Waals surface area contributed by atoms with Gasteiger partial charge >= 0.3 is 0 Å². The maximum Gasteiger partial charge on any atom is 0.255 e. The SMILES string of the molecule is Cc1noc([C@H]2C[C@@H]3CCN(Cc4ccncc4)C[C@H]3O2)n1. The Kier molecular flexibility index (Phi) is 3.63. The lowest BCUT2D eigenvalue weighted by molar-refractivity contribution is -0.0189. The summed E-state index contributed by atoms with van der Waals surface area (Å²) in [5.41, 5.74) is 1.30. The number of ether oxygens (including phenoxy) is 1. The van der Waals surface area contributed by atoms with Crippen LogP contribution in [0.25, 0.3) is 0 Å². The minimum atomic E-state index is -0.0305. The van der Waals surface area contributed by atoms with Gasteiger partial charge in [-0.2, -0.15) is 4.98 Å². The molecule has 22 heavy (non-hydrogen) atoms. The lowest BCUT2D eigenvalue weighted by Crippen LogP contribution is -2.41. The third kappa shape index (κ3) is 2.76. The van der Waals surface area contributed by atoms with E-state index >= 15 is 0 Å². The summed E-state index contributed by atoms with van der Waals surface area (Å²) in [5.74, 6) is 1.91. The summed E-state index contributed by atoms with van der Waals surface area (Å²) in [5, 5.41) is 3.87. The van der Waals surface area contributed by atoms with Crippen LogP contribution in [-0.4, -0.2) is 39.2 Å². The second-order valence-corrected chi connectivity index (χ2v) is 6.22. The summed E-state index contributed by atoms with van der Waals surface area (Å²) in [6, 6.07) is 4.15. The van der Waals surface area contributed by atoms with Crippen molar-refractivity contribution in [2.24, 2.45) is 5.92 Å². The van der Waals surface area contributed by atoms with Crippen molar-refractivity contribution in [3.63, 3.8) is 0 Å². The van der Waals surface area contributed by atoms with Crippen LogP contribution >= 0.6 is 0 Å². The number of aryl methyl sites for hydroxylation is 1. The fourth-order valence-electron chi connectivity index (χ4n) is 3.49. The summed E-state index contributed by atoms with van der Waals surface area (Å²) < 4.78 is 11.5. The van der Waals surface area contributed by atoms with E-state index in [9.17, 15) is 0 Å². The van der Waals surface area contributed by atoms with Gasteiger partial charge in [-0.25, -0.2) is 0 Å². The zero-order chi connectivity index (χ0) is 14.9. The van der Waals surface area contributed by atoms with E-state index < -0.39 is 0 Å². The predicted molar refractivity (Wildman–Crippen MR) is 78.9 cm³/mol. The van der Waals surface area contributed by atoms with Gasteiger partial charge in [-0.3, -0.25) is 9.88 Å². The van der Waals surface area contributed by atoms with E-state index in [0.29, 0.717) is 17.6 Å².